The lowest BCUT2D eigenvalue weighted by Gasteiger charge is -2.16. The minimum atomic E-state index is -1.14. The van der Waals surface area contributed by atoms with Crippen LogP contribution in [0.5, 0.6) is 5.75 Å². The Morgan fingerprint density at radius 1 is 1.42 bits per heavy atom. The van der Waals surface area contributed by atoms with Crippen LogP contribution in [-0.2, 0) is 0 Å². The highest BCUT2D eigenvalue weighted by atomic mass is 16.4. The Labute approximate surface area is 108 Å². The van der Waals surface area contributed by atoms with Gasteiger partial charge in [0.2, 0.25) is 0 Å². The van der Waals surface area contributed by atoms with E-state index < -0.39 is 11.5 Å². The maximum Gasteiger partial charge on any atom is 0.338 e. The Hall–Kier alpha value is -2.50. The van der Waals surface area contributed by atoms with Gasteiger partial charge in [-0.1, -0.05) is 12.1 Å². The Morgan fingerprint density at radius 2 is 2.11 bits per heavy atom. The molecule has 0 aliphatic heterocycles. The first-order chi connectivity index (χ1) is 8.99. The highest BCUT2D eigenvalue weighted by Crippen LogP contribution is 2.25. The van der Waals surface area contributed by atoms with Gasteiger partial charge in [-0.15, -0.1) is 0 Å². The van der Waals surface area contributed by atoms with Crippen LogP contribution in [0.1, 0.15) is 23.0 Å². The number of aromatic nitrogens is 1. The fraction of sp³-hybridized carbons (Fsp3) is 0.231. The van der Waals surface area contributed by atoms with E-state index in [0.29, 0.717) is 12.2 Å². The predicted octanol–water partition coefficient (Wildman–Crippen LogP) is 1.28. The molecular weight excluding hydrogens is 248 g/mol. The molecule has 0 bridgehead atoms. The van der Waals surface area contributed by atoms with Crippen molar-refractivity contribution in [1.29, 1.82) is 0 Å². The maximum atomic E-state index is 12.3. The summed E-state index contributed by atoms with van der Waals surface area (Å²) in [4.78, 5) is 23.7. The van der Waals surface area contributed by atoms with E-state index in [2.05, 4.69) is 5.43 Å². The monoisotopic (exact) mass is 262 g/mol. The van der Waals surface area contributed by atoms with Crippen LogP contribution in [0.25, 0.3) is 10.8 Å². The van der Waals surface area contributed by atoms with Gasteiger partial charge in [0.1, 0.15) is 5.75 Å². The fourth-order valence-corrected chi connectivity index (χ4v) is 2.16. The average Bonchev–Trinajstić information content (AvgIpc) is 2.34. The highest BCUT2D eigenvalue weighted by molar-refractivity contribution is 6.05. The Bertz CT molecular complexity index is 719. The van der Waals surface area contributed by atoms with Gasteiger partial charge < -0.3 is 15.6 Å². The number of carboxylic acids is 1. The maximum absolute atomic E-state index is 12.3. The van der Waals surface area contributed by atoms with Crippen LogP contribution in [0.2, 0.25) is 0 Å². The van der Waals surface area contributed by atoms with Gasteiger partial charge in [-0.3, -0.25) is 4.79 Å². The zero-order valence-corrected chi connectivity index (χ0v) is 10.6. The summed E-state index contributed by atoms with van der Waals surface area (Å²) in [5.41, 5.74) is 2.64. The number of aromatic carboxylic acids is 1. The first-order valence-corrected chi connectivity index (χ1v) is 5.83. The molecule has 0 saturated carbocycles. The predicted molar refractivity (Wildman–Crippen MR) is 71.5 cm³/mol. The number of fused-ring (bicyclic) bond motifs is 1. The zero-order chi connectivity index (χ0) is 14.2. The lowest BCUT2D eigenvalue weighted by atomic mass is 10.0. The topological polar surface area (TPSA) is 91.6 Å². The van der Waals surface area contributed by atoms with Crippen molar-refractivity contribution in [2.24, 2.45) is 0 Å². The molecule has 1 aromatic heterocycles. The van der Waals surface area contributed by atoms with Crippen molar-refractivity contribution in [1.82, 2.24) is 4.68 Å². The molecule has 100 valence electrons. The van der Waals surface area contributed by atoms with E-state index in [1.807, 2.05) is 0 Å². The third kappa shape index (κ3) is 1.91. The summed E-state index contributed by atoms with van der Waals surface area (Å²) in [5, 5.41) is 19.4. The van der Waals surface area contributed by atoms with Crippen LogP contribution in [0.3, 0.4) is 0 Å². The van der Waals surface area contributed by atoms with Crippen molar-refractivity contribution >= 4 is 16.7 Å². The van der Waals surface area contributed by atoms with Crippen molar-refractivity contribution in [2.75, 3.05) is 12.0 Å². The van der Waals surface area contributed by atoms with Crippen molar-refractivity contribution in [3.05, 3.63) is 39.8 Å². The number of nitrogens with one attached hydrogen (secondary N) is 1. The summed E-state index contributed by atoms with van der Waals surface area (Å²) < 4.78 is 1.16. The van der Waals surface area contributed by atoms with Gasteiger partial charge in [-0.05, 0) is 19.9 Å². The molecule has 0 aliphatic carbocycles. The van der Waals surface area contributed by atoms with Crippen molar-refractivity contribution < 1.29 is 15.0 Å². The second-order valence-electron chi connectivity index (χ2n) is 4.12. The smallest absolute Gasteiger partial charge is 0.338 e. The highest BCUT2D eigenvalue weighted by Gasteiger charge is 2.20. The van der Waals surface area contributed by atoms with E-state index in [9.17, 15) is 19.8 Å². The van der Waals surface area contributed by atoms with Crippen LogP contribution in [-0.4, -0.2) is 27.4 Å². The van der Waals surface area contributed by atoms with Gasteiger partial charge in [0, 0.05) is 11.9 Å². The number of phenols is 1. The van der Waals surface area contributed by atoms with E-state index in [1.54, 1.807) is 13.8 Å². The number of carbonyl (C=O) groups is 1. The molecule has 0 radical (unpaired) electrons. The SMILES string of the molecule is CCNn1c(C)c(C(=O)O)c2cccc(O)c2c1=O. The van der Waals surface area contributed by atoms with Crippen LogP contribution in [0, 0.1) is 6.92 Å². The molecule has 2 aromatic rings. The van der Waals surface area contributed by atoms with Crippen molar-refractivity contribution in [3.63, 3.8) is 0 Å². The number of pyridine rings is 1. The minimum absolute atomic E-state index is 0.00597. The average molecular weight is 262 g/mol. The van der Waals surface area contributed by atoms with Crippen LogP contribution in [0.15, 0.2) is 23.0 Å². The third-order valence-corrected chi connectivity index (χ3v) is 2.96. The number of carboxylic acid groups (broad SMARTS) is 1. The first-order valence-electron chi connectivity index (χ1n) is 5.83. The molecule has 3 N–H and O–H groups in total. The Kier molecular flexibility index (Phi) is 3.16. The molecule has 1 heterocycles. The summed E-state index contributed by atoms with van der Waals surface area (Å²) in [6.45, 7) is 3.80. The molecule has 0 spiro atoms. The number of nitrogens with zero attached hydrogens (tertiary/aromatic N) is 1. The number of hydrogen-bond donors (Lipinski definition) is 3. The third-order valence-electron chi connectivity index (χ3n) is 2.96. The molecule has 6 heteroatoms. The molecule has 0 unspecified atom stereocenters. The van der Waals surface area contributed by atoms with Gasteiger partial charge in [-0.25, -0.2) is 9.47 Å². The number of benzene rings is 1. The van der Waals surface area contributed by atoms with Crippen LogP contribution in [0.4, 0.5) is 0 Å². The Morgan fingerprint density at radius 3 is 2.68 bits per heavy atom. The van der Waals surface area contributed by atoms with E-state index in [-0.39, 0.29) is 22.1 Å². The lowest BCUT2D eigenvalue weighted by molar-refractivity contribution is 0.0697. The molecule has 0 amide bonds. The largest absolute Gasteiger partial charge is 0.507 e. The molecule has 0 saturated heterocycles. The summed E-state index contributed by atoms with van der Waals surface area (Å²) in [6, 6.07) is 4.39. The van der Waals surface area contributed by atoms with Gasteiger partial charge in [-0.2, -0.15) is 0 Å². The number of aromatic hydroxyl groups is 1. The standard InChI is InChI=1S/C13H14N2O4/c1-3-14-15-7(2)10(13(18)19)8-5-4-6-9(16)11(8)12(15)17/h4-6,14,16H,3H2,1-2H3,(H,18,19). The summed E-state index contributed by atoms with van der Waals surface area (Å²) in [7, 11) is 0. The normalized spacial score (nSPS) is 10.6. The van der Waals surface area contributed by atoms with Crippen LogP contribution < -0.4 is 11.0 Å². The molecule has 0 aliphatic rings. The van der Waals surface area contributed by atoms with E-state index in [4.69, 9.17) is 0 Å². The molecule has 6 nitrogen and oxygen atoms in total. The van der Waals surface area contributed by atoms with Crippen LogP contribution >= 0.6 is 0 Å². The van der Waals surface area contributed by atoms with E-state index >= 15 is 0 Å². The van der Waals surface area contributed by atoms with Gasteiger partial charge >= 0.3 is 5.97 Å². The lowest BCUT2D eigenvalue weighted by Crippen LogP contribution is -2.32. The zero-order valence-electron chi connectivity index (χ0n) is 10.6. The summed E-state index contributed by atoms with van der Waals surface area (Å²) in [6.07, 6.45) is 0. The molecule has 2 rings (SSSR count). The molecule has 19 heavy (non-hydrogen) atoms. The summed E-state index contributed by atoms with van der Waals surface area (Å²) in [5.74, 6) is -1.36. The Balaban J connectivity index is 3.04. The molecule has 1 aromatic carbocycles. The fourth-order valence-electron chi connectivity index (χ4n) is 2.16. The van der Waals surface area contributed by atoms with Crippen molar-refractivity contribution in [3.8, 4) is 5.75 Å². The van der Waals surface area contributed by atoms with Gasteiger partial charge in [0.15, 0.2) is 0 Å². The number of rotatable bonds is 3. The van der Waals surface area contributed by atoms with Gasteiger partial charge in [0.05, 0.1) is 16.6 Å². The quantitative estimate of drug-likeness (QED) is 0.775. The van der Waals surface area contributed by atoms with E-state index in [0.717, 1.165) is 4.68 Å². The molecule has 0 atom stereocenters. The second-order valence-corrected chi connectivity index (χ2v) is 4.12. The first kappa shape index (κ1) is 12.9. The second kappa shape index (κ2) is 4.64. The summed E-state index contributed by atoms with van der Waals surface area (Å²) >= 11 is 0. The molecular formula is C13H14N2O4. The van der Waals surface area contributed by atoms with E-state index in [1.165, 1.54) is 18.2 Å². The number of hydrogen-bond acceptors (Lipinski definition) is 4. The molecule has 0 fully saturated rings. The van der Waals surface area contributed by atoms with Crippen molar-refractivity contribution in [2.45, 2.75) is 13.8 Å². The van der Waals surface area contributed by atoms with Gasteiger partial charge in [0.25, 0.3) is 5.56 Å². The minimum Gasteiger partial charge on any atom is -0.507 e. The number of phenolic OH excluding ortho intramolecular Hbond substituents is 1.